The molecule has 0 spiro atoms. The molecule has 2 rings (SSSR count). The number of carbonyl (C=O) groups excluding carboxylic acids is 3. The van der Waals surface area contributed by atoms with Crippen molar-refractivity contribution < 1.29 is 28.6 Å². The third-order valence-electron chi connectivity index (χ3n) is 3.73. The third-order valence-corrected chi connectivity index (χ3v) is 3.73. The molecule has 0 atom stereocenters. The maximum Gasteiger partial charge on any atom is 0.338 e. The zero-order valence-corrected chi connectivity index (χ0v) is 15.9. The lowest BCUT2D eigenvalue weighted by Gasteiger charge is -2.11. The molecule has 0 aliphatic heterocycles. The van der Waals surface area contributed by atoms with Crippen LogP contribution in [-0.2, 0) is 20.9 Å². The number of anilines is 1. The second-order valence-corrected chi connectivity index (χ2v) is 5.80. The van der Waals surface area contributed by atoms with E-state index >= 15 is 0 Å². The van der Waals surface area contributed by atoms with E-state index in [9.17, 15) is 14.4 Å². The average Bonchev–Trinajstić information content (AvgIpc) is 2.70. The van der Waals surface area contributed by atoms with E-state index in [1.165, 1.54) is 21.1 Å². The van der Waals surface area contributed by atoms with Gasteiger partial charge in [-0.15, -0.1) is 0 Å². The van der Waals surface area contributed by atoms with Crippen molar-refractivity contribution in [2.75, 3.05) is 26.1 Å². The molecular weight excluding hydrogens is 364 g/mol. The van der Waals surface area contributed by atoms with Crippen LogP contribution in [0.4, 0.5) is 5.69 Å². The summed E-state index contributed by atoms with van der Waals surface area (Å²) < 4.78 is 15.3. The summed E-state index contributed by atoms with van der Waals surface area (Å²) in [5, 5.41) is 5.28. The van der Waals surface area contributed by atoms with E-state index in [1.54, 1.807) is 42.5 Å². The van der Waals surface area contributed by atoms with Gasteiger partial charge in [0.05, 0.1) is 19.8 Å². The van der Waals surface area contributed by atoms with Crippen LogP contribution in [0, 0.1) is 0 Å². The molecule has 0 radical (unpaired) electrons. The molecule has 0 bridgehead atoms. The van der Waals surface area contributed by atoms with Gasteiger partial charge in [-0.25, -0.2) is 4.79 Å². The number of esters is 1. The van der Waals surface area contributed by atoms with E-state index in [2.05, 4.69) is 10.6 Å². The number of hydrogen-bond acceptors (Lipinski definition) is 6. The van der Waals surface area contributed by atoms with Crippen LogP contribution in [-0.4, -0.2) is 38.6 Å². The van der Waals surface area contributed by atoms with Crippen molar-refractivity contribution in [3.63, 3.8) is 0 Å². The molecule has 0 saturated carbocycles. The molecule has 148 valence electrons. The summed E-state index contributed by atoms with van der Waals surface area (Å²) in [7, 11) is 3.01. The number of ether oxygens (including phenoxy) is 3. The zero-order chi connectivity index (χ0) is 20.5. The highest BCUT2D eigenvalue weighted by Gasteiger charge is 2.12. The van der Waals surface area contributed by atoms with Gasteiger partial charge in [-0.3, -0.25) is 9.59 Å². The Labute approximate surface area is 162 Å². The Morgan fingerprint density at radius 3 is 2.21 bits per heavy atom. The Kier molecular flexibility index (Phi) is 7.38. The molecule has 0 aromatic heterocycles. The molecule has 2 N–H and O–H groups in total. The van der Waals surface area contributed by atoms with E-state index in [1.807, 2.05) is 0 Å². The number of benzene rings is 2. The quantitative estimate of drug-likeness (QED) is 0.674. The van der Waals surface area contributed by atoms with Crippen LogP contribution >= 0.6 is 0 Å². The van der Waals surface area contributed by atoms with Gasteiger partial charge in [0.1, 0.15) is 0 Å². The normalized spacial score (nSPS) is 9.96. The smallest absolute Gasteiger partial charge is 0.338 e. The summed E-state index contributed by atoms with van der Waals surface area (Å²) in [6.07, 6.45) is 0. The molecule has 0 heterocycles. The van der Waals surface area contributed by atoms with Crippen molar-refractivity contribution in [1.82, 2.24) is 5.32 Å². The predicted molar refractivity (Wildman–Crippen MR) is 102 cm³/mol. The van der Waals surface area contributed by atoms with Crippen molar-refractivity contribution in [3.8, 4) is 11.5 Å². The van der Waals surface area contributed by atoms with Crippen molar-refractivity contribution in [1.29, 1.82) is 0 Å². The molecule has 8 nitrogen and oxygen atoms in total. The van der Waals surface area contributed by atoms with Crippen LogP contribution < -0.4 is 20.1 Å². The molecule has 0 aliphatic carbocycles. The highest BCUT2D eigenvalue weighted by molar-refractivity contribution is 5.95. The van der Waals surface area contributed by atoms with Gasteiger partial charge in [0.15, 0.2) is 18.1 Å². The lowest BCUT2D eigenvalue weighted by Crippen LogP contribution is -2.21. The van der Waals surface area contributed by atoms with Crippen molar-refractivity contribution in [3.05, 3.63) is 53.6 Å². The Bertz CT molecular complexity index is 848. The number of methoxy groups -OCH3 is 2. The topological polar surface area (TPSA) is 103 Å². The SMILES string of the molecule is COc1ccc(NC(=O)COC(=O)c2ccc(CNC(C)=O)cc2)cc1OC. The van der Waals surface area contributed by atoms with Crippen LogP contribution in [0.25, 0.3) is 0 Å². The summed E-state index contributed by atoms with van der Waals surface area (Å²) in [6.45, 7) is 1.37. The molecule has 0 fully saturated rings. The Balaban J connectivity index is 1.86. The predicted octanol–water partition coefficient (Wildman–Crippen LogP) is 2.14. The van der Waals surface area contributed by atoms with Crippen LogP contribution in [0.5, 0.6) is 11.5 Å². The van der Waals surface area contributed by atoms with Gasteiger partial charge in [-0.05, 0) is 29.8 Å². The minimum Gasteiger partial charge on any atom is -0.493 e. The van der Waals surface area contributed by atoms with E-state index in [-0.39, 0.29) is 5.91 Å². The van der Waals surface area contributed by atoms with Gasteiger partial charge in [0, 0.05) is 25.2 Å². The van der Waals surface area contributed by atoms with Gasteiger partial charge in [0.2, 0.25) is 5.91 Å². The molecule has 0 unspecified atom stereocenters. The van der Waals surface area contributed by atoms with Crippen molar-refractivity contribution in [2.24, 2.45) is 0 Å². The van der Waals surface area contributed by atoms with Crippen LogP contribution in [0.1, 0.15) is 22.8 Å². The number of nitrogens with one attached hydrogen (secondary N) is 2. The molecule has 0 aliphatic rings. The third kappa shape index (κ3) is 6.01. The molecule has 2 aromatic rings. The Morgan fingerprint density at radius 1 is 0.929 bits per heavy atom. The first-order valence-electron chi connectivity index (χ1n) is 8.45. The first-order chi connectivity index (χ1) is 13.4. The number of hydrogen-bond donors (Lipinski definition) is 2. The summed E-state index contributed by atoms with van der Waals surface area (Å²) in [5.41, 5.74) is 1.64. The highest BCUT2D eigenvalue weighted by Crippen LogP contribution is 2.29. The van der Waals surface area contributed by atoms with Gasteiger partial charge in [-0.1, -0.05) is 12.1 Å². The molecule has 2 amide bonds. The van der Waals surface area contributed by atoms with Crippen LogP contribution in [0.3, 0.4) is 0 Å². The molecule has 8 heteroatoms. The summed E-state index contributed by atoms with van der Waals surface area (Å²) in [5.74, 6) is -0.231. The largest absolute Gasteiger partial charge is 0.493 e. The zero-order valence-electron chi connectivity index (χ0n) is 15.9. The minimum absolute atomic E-state index is 0.135. The monoisotopic (exact) mass is 386 g/mol. The van der Waals surface area contributed by atoms with Gasteiger partial charge >= 0.3 is 5.97 Å². The van der Waals surface area contributed by atoms with E-state index in [0.29, 0.717) is 29.3 Å². The fourth-order valence-corrected chi connectivity index (χ4v) is 2.31. The Morgan fingerprint density at radius 2 is 1.61 bits per heavy atom. The number of amides is 2. The molecule has 2 aromatic carbocycles. The molecule has 0 saturated heterocycles. The summed E-state index contributed by atoms with van der Waals surface area (Å²) in [6, 6.07) is 11.5. The molecule has 28 heavy (non-hydrogen) atoms. The fourth-order valence-electron chi connectivity index (χ4n) is 2.31. The maximum absolute atomic E-state index is 12.1. The van der Waals surface area contributed by atoms with Crippen molar-refractivity contribution >= 4 is 23.5 Å². The van der Waals surface area contributed by atoms with Crippen molar-refractivity contribution in [2.45, 2.75) is 13.5 Å². The first kappa shape index (κ1) is 20.8. The molecular formula is C20H22N2O6. The summed E-state index contributed by atoms with van der Waals surface area (Å²) in [4.78, 5) is 35.0. The summed E-state index contributed by atoms with van der Waals surface area (Å²) >= 11 is 0. The van der Waals surface area contributed by atoms with E-state index in [4.69, 9.17) is 14.2 Å². The maximum atomic E-state index is 12.1. The Hall–Kier alpha value is -3.55. The first-order valence-corrected chi connectivity index (χ1v) is 8.45. The average molecular weight is 386 g/mol. The van der Waals surface area contributed by atoms with Gasteiger partial charge < -0.3 is 24.8 Å². The van der Waals surface area contributed by atoms with Gasteiger partial charge in [0.25, 0.3) is 5.91 Å². The number of rotatable bonds is 8. The number of carbonyl (C=O) groups is 3. The second kappa shape index (κ2) is 9.96. The lowest BCUT2D eigenvalue weighted by atomic mass is 10.1. The van der Waals surface area contributed by atoms with E-state index in [0.717, 1.165) is 5.56 Å². The van der Waals surface area contributed by atoms with Gasteiger partial charge in [-0.2, -0.15) is 0 Å². The van der Waals surface area contributed by atoms with Crippen LogP contribution in [0.2, 0.25) is 0 Å². The van der Waals surface area contributed by atoms with Crippen LogP contribution in [0.15, 0.2) is 42.5 Å². The van der Waals surface area contributed by atoms with E-state index < -0.39 is 18.5 Å². The fraction of sp³-hybridized carbons (Fsp3) is 0.250. The second-order valence-electron chi connectivity index (χ2n) is 5.80. The minimum atomic E-state index is -0.617. The highest BCUT2D eigenvalue weighted by atomic mass is 16.5. The standard InChI is InChI=1S/C20H22N2O6/c1-13(23)21-11-14-4-6-15(7-5-14)20(25)28-12-19(24)22-16-8-9-17(26-2)18(10-16)27-3/h4-10H,11-12H2,1-3H3,(H,21,23)(H,22,24). The lowest BCUT2D eigenvalue weighted by molar-refractivity contribution is -0.119.